The van der Waals surface area contributed by atoms with Crippen LogP contribution in [0.3, 0.4) is 0 Å². The lowest BCUT2D eigenvalue weighted by molar-refractivity contribution is -0.384. The number of hydrogen-bond acceptors (Lipinski definition) is 4. The summed E-state index contributed by atoms with van der Waals surface area (Å²) in [7, 11) is 0. The molecule has 3 N–H and O–H groups in total. The lowest BCUT2D eigenvalue weighted by Crippen LogP contribution is -2.39. The number of nitrogens with zero attached hydrogens (tertiary/aromatic N) is 1. The van der Waals surface area contributed by atoms with E-state index in [-0.39, 0.29) is 27.4 Å². The largest absolute Gasteiger partial charge is 0.347 e. The fourth-order valence-corrected chi connectivity index (χ4v) is 3.27. The molecule has 0 spiro atoms. The van der Waals surface area contributed by atoms with Crippen LogP contribution in [0.4, 0.5) is 17.1 Å². The summed E-state index contributed by atoms with van der Waals surface area (Å²) in [6.07, 6.45) is 1.71. The molecule has 0 aliphatic carbocycles. The summed E-state index contributed by atoms with van der Waals surface area (Å²) in [5.74, 6) is -0.336. The summed E-state index contributed by atoms with van der Waals surface area (Å²) < 4.78 is 0. The van der Waals surface area contributed by atoms with Gasteiger partial charge in [0.05, 0.1) is 15.6 Å². The number of halogens is 1. The van der Waals surface area contributed by atoms with E-state index < -0.39 is 11.0 Å². The molecule has 0 aromatic heterocycles. The van der Waals surface area contributed by atoms with Crippen LogP contribution in [0, 0.1) is 10.1 Å². The fourth-order valence-electron chi connectivity index (χ4n) is 2.87. The predicted molar refractivity (Wildman–Crippen MR) is 132 cm³/mol. The van der Waals surface area contributed by atoms with E-state index in [0.717, 1.165) is 5.56 Å². The Morgan fingerprint density at radius 1 is 1.06 bits per heavy atom. The minimum atomic E-state index is -0.826. The van der Waals surface area contributed by atoms with Crippen LogP contribution in [0.2, 0.25) is 5.02 Å². The summed E-state index contributed by atoms with van der Waals surface area (Å²) >= 11 is 11.5. The molecule has 3 aromatic rings. The van der Waals surface area contributed by atoms with E-state index in [1.807, 2.05) is 30.3 Å². The monoisotopic (exact) mass is 466 g/mol. The first-order valence-electron chi connectivity index (χ1n) is 9.47. The Kier molecular flexibility index (Phi) is 7.54. The van der Waals surface area contributed by atoms with Crippen LogP contribution in [-0.2, 0) is 4.79 Å². The molecule has 3 aromatic carbocycles. The van der Waals surface area contributed by atoms with E-state index in [4.69, 9.17) is 23.8 Å². The minimum absolute atomic E-state index is 0.0819. The Hall–Kier alpha value is -3.75. The number of benzene rings is 3. The molecule has 0 aliphatic heterocycles. The van der Waals surface area contributed by atoms with Gasteiger partial charge < -0.3 is 16.0 Å². The molecule has 0 heterocycles. The summed E-state index contributed by atoms with van der Waals surface area (Å²) in [5.41, 5.74) is 2.34. The van der Waals surface area contributed by atoms with Gasteiger partial charge in [0, 0.05) is 17.8 Å². The number of non-ortho nitro benzene ring substituents is 1. The van der Waals surface area contributed by atoms with Gasteiger partial charge in [-0.1, -0.05) is 66.7 Å². The predicted octanol–water partition coefficient (Wildman–Crippen LogP) is 5.56. The molecule has 0 fully saturated rings. The quantitative estimate of drug-likeness (QED) is 0.240. The van der Waals surface area contributed by atoms with Crippen molar-refractivity contribution in [1.82, 2.24) is 5.32 Å². The minimum Gasteiger partial charge on any atom is -0.347 e. The summed E-state index contributed by atoms with van der Waals surface area (Å²) in [6, 6.07) is 19.4. The van der Waals surface area contributed by atoms with E-state index in [9.17, 15) is 14.9 Å². The SMILES string of the molecule is C=Cc1ccc(NC(=O)C(NC(=S)Nc2cc([N+](=O)[O-])ccc2Cl)c2ccccc2)cc1. The second kappa shape index (κ2) is 10.5. The number of anilines is 2. The van der Waals surface area contributed by atoms with Crippen LogP contribution in [-0.4, -0.2) is 15.9 Å². The second-order valence-electron chi connectivity index (χ2n) is 6.68. The highest BCUT2D eigenvalue weighted by Gasteiger charge is 2.22. The first kappa shape index (κ1) is 22.9. The van der Waals surface area contributed by atoms with Crippen molar-refractivity contribution in [3.63, 3.8) is 0 Å². The number of hydrogen-bond donors (Lipinski definition) is 3. The molecule has 0 radical (unpaired) electrons. The van der Waals surface area contributed by atoms with Gasteiger partial charge >= 0.3 is 0 Å². The first-order valence-corrected chi connectivity index (χ1v) is 10.3. The van der Waals surface area contributed by atoms with Gasteiger partial charge in [0.1, 0.15) is 6.04 Å². The van der Waals surface area contributed by atoms with Crippen molar-refractivity contribution in [2.45, 2.75) is 6.04 Å². The number of amides is 1. The average Bonchev–Trinajstić information content (AvgIpc) is 2.79. The van der Waals surface area contributed by atoms with Gasteiger partial charge in [-0.25, -0.2) is 0 Å². The molecule has 0 saturated carbocycles. The van der Waals surface area contributed by atoms with Gasteiger partial charge in [0.15, 0.2) is 5.11 Å². The van der Waals surface area contributed by atoms with Crippen LogP contribution in [0.15, 0.2) is 79.4 Å². The molecule has 162 valence electrons. The third kappa shape index (κ3) is 5.90. The molecule has 0 aliphatic rings. The maximum absolute atomic E-state index is 13.1. The van der Waals surface area contributed by atoms with Crippen LogP contribution in [0.1, 0.15) is 17.2 Å². The molecule has 9 heteroatoms. The second-order valence-corrected chi connectivity index (χ2v) is 7.49. The first-order chi connectivity index (χ1) is 15.4. The highest BCUT2D eigenvalue weighted by molar-refractivity contribution is 7.80. The average molecular weight is 467 g/mol. The van der Waals surface area contributed by atoms with Gasteiger partial charge in [-0.2, -0.15) is 0 Å². The summed E-state index contributed by atoms with van der Waals surface area (Å²) in [4.78, 5) is 23.6. The molecular formula is C23H19ClN4O3S. The smallest absolute Gasteiger partial charge is 0.271 e. The van der Waals surface area contributed by atoms with Crippen molar-refractivity contribution >= 4 is 58.0 Å². The zero-order chi connectivity index (χ0) is 23.1. The number of nitro groups is 1. The lowest BCUT2D eigenvalue weighted by Gasteiger charge is -2.21. The van der Waals surface area contributed by atoms with E-state index in [1.165, 1.54) is 18.2 Å². The highest BCUT2D eigenvalue weighted by Crippen LogP contribution is 2.27. The van der Waals surface area contributed by atoms with E-state index in [1.54, 1.807) is 30.3 Å². The number of nitrogens with one attached hydrogen (secondary N) is 3. The number of carbonyl (C=O) groups excluding carboxylic acids is 1. The maximum Gasteiger partial charge on any atom is 0.271 e. The van der Waals surface area contributed by atoms with Crippen molar-refractivity contribution in [3.05, 3.63) is 106 Å². The standard InChI is InChI=1S/C23H19ClN4O3S/c1-2-15-8-10-17(11-9-15)25-22(29)21(16-6-4-3-5-7-16)27-23(32)26-20-14-18(28(30)31)12-13-19(20)24/h2-14,21H,1H2,(H,25,29)(H2,26,27,32). The Balaban J connectivity index is 1.79. The number of thiocarbonyl (C=S) groups is 1. The van der Waals surface area contributed by atoms with Crippen molar-refractivity contribution in [2.75, 3.05) is 10.6 Å². The van der Waals surface area contributed by atoms with Gasteiger partial charge in [-0.15, -0.1) is 0 Å². The highest BCUT2D eigenvalue weighted by atomic mass is 35.5. The van der Waals surface area contributed by atoms with Gasteiger partial charge in [-0.3, -0.25) is 14.9 Å². The summed E-state index contributed by atoms with van der Waals surface area (Å²) in [5, 5.41) is 20.0. The Labute approximate surface area is 195 Å². The van der Waals surface area contributed by atoms with Gasteiger partial charge in [-0.05, 0) is 41.5 Å². The van der Waals surface area contributed by atoms with Crippen molar-refractivity contribution in [2.24, 2.45) is 0 Å². The molecule has 7 nitrogen and oxygen atoms in total. The molecule has 1 atom stereocenters. The van der Waals surface area contributed by atoms with E-state index in [0.29, 0.717) is 11.3 Å². The molecule has 32 heavy (non-hydrogen) atoms. The Morgan fingerprint density at radius 2 is 1.75 bits per heavy atom. The zero-order valence-corrected chi connectivity index (χ0v) is 18.3. The molecule has 0 bridgehead atoms. The van der Waals surface area contributed by atoms with Crippen LogP contribution < -0.4 is 16.0 Å². The molecule has 1 amide bonds. The van der Waals surface area contributed by atoms with Crippen LogP contribution >= 0.6 is 23.8 Å². The van der Waals surface area contributed by atoms with E-state index in [2.05, 4.69) is 22.5 Å². The number of rotatable bonds is 7. The lowest BCUT2D eigenvalue weighted by atomic mass is 10.1. The summed E-state index contributed by atoms with van der Waals surface area (Å²) in [6.45, 7) is 3.71. The van der Waals surface area contributed by atoms with Gasteiger partial charge in [0.2, 0.25) is 0 Å². The molecule has 3 rings (SSSR count). The third-order valence-corrected chi connectivity index (χ3v) is 5.04. The van der Waals surface area contributed by atoms with Crippen molar-refractivity contribution in [3.8, 4) is 0 Å². The third-order valence-electron chi connectivity index (χ3n) is 4.49. The maximum atomic E-state index is 13.1. The van der Waals surface area contributed by atoms with Crippen LogP contribution in [0.25, 0.3) is 6.08 Å². The molecular weight excluding hydrogens is 448 g/mol. The topological polar surface area (TPSA) is 96.3 Å². The normalized spacial score (nSPS) is 11.2. The van der Waals surface area contributed by atoms with Crippen molar-refractivity contribution in [1.29, 1.82) is 0 Å². The Bertz CT molecular complexity index is 1150. The molecule has 0 saturated heterocycles. The molecule has 1 unspecified atom stereocenters. The number of carbonyl (C=O) groups is 1. The van der Waals surface area contributed by atoms with Crippen molar-refractivity contribution < 1.29 is 9.72 Å². The van der Waals surface area contributed by atoms with E-state index >= 15 is 0 Å². The fraction of sp³-hybridized carbons (Fsp3) is 0.0435. The van der Waals surface area contributed by atoms with Gasteiger partial charge in [0.25, 0.3) is 11.6 Å². The Morgan fingerprint density at radius 3 is 2.38 bits per heavy atom. The van der Waals surface area contributed by atoms with Crippen LogP contribution in [0.5, 0.6) is 0 Å². The zero-order valence-electron chi connectivity index (χ0n) is 16.7. The number of nitro benzene ring substituents is 1.